The molecule has 5 nitrogen and oxygen atoms in total. The first-order valence-electron chi connectivity index (χ1n) is 8.73. The zero-order valence-electron chi connectivity index (χ0n) is 14.9. The minimum Gasteiger partial charge on any atom is -0.411 e. The Morgan fingerprint density at radius 3 is 2.63 bits per heavy atom. The average Bonchev–Trinajstić information content (AvgIpc) is 3.16. The van der Waals surface area contributed by atoms with Crippen molar-refractivity contribution in [1.29, 1.82) is 0 Å². The Kier molecular flexibility index (Phi) is 7.06. The number of aromatic nitrogens is 2. The molecule has 3 rings (SSSR count). The smallest absolute Gasteiger partial charge is 0.277 e. The lowest BCUT2D eigenvalue weighted by molar-refractivity contribution is -0.119. The molecular weight excluding hydrogens is 426 g/mol. The molecule has 1 heterocycles. The van der Waals surface area contributed by atoms with E-state index in [4.69, 9.17) is 4.42 Å². The van der Waals surface area contributed by atoms with Crippen molar-refractivity contribution in [1.82, 2.24) is 15.5 Å². The Morgan fingerprint density at radius 2 is 1.89 bits per heavy atom. The van der Waals surface area contributed by atoms with Crippen LogP contribution in [0.15, 0.2) is 68.7 Å². The summed E-state index contributed by atoms with van der Waals surface area (Å²) in [5.74, 6) is 0.603. The number of nitrogens with one attached hydrogen (secondary N) is 1. The number of rotatable bonds is 8. The minimum atomic E-state index is -0.0528. The number of nitrogens with zero attached hydrogens (tertiary/aromatic N) is 2. The van der Waals surface area contributed by atoms with E-state index >= 15 is 0 Å². The van der Waals surface area contributed by atoms with Crippen LogP contribution < -0.4 is 5.32 Å². The van der Waals surface area contributed by atoms with E-state index in [1.54, 1.807) is 0 Å². The lowest BCUT2D eigenvalue weighted by Crippen LogP contribution is -2.29. The van der Waals surface area contributed by atoms with E-state index < -0.39 is 0 Å². The third-order valence-electron chi connectivity index (χ3n) is 3.95. The van der Waals surface area contributed by atoms with Crippen molar-refractivity contribution in [3.63, 3.8) is 0 Å². The zero-order valence-corrected chi connectivity index (χ0v) is 17.3. The maximum atomic E-state index is 12.4. The Hall–Kier alpha value is -2.12. The van der Waals surface area contributed by atoms with Crippen LogP contribution in [0.2, 0.25) is 0 Å². The third kappa shape index (κ3) is 5.43. The molecule has 0 bridgehead atoms. The van der Waals surface area contributed by atoms with Gasteiger partial charge in [0.15, 0.2) is 0 Å². The van der Waals surface area contributed by atoms with Gasteiger partial charge < -0.3 is 9.73 Å². The summed E-state index contributed by atoms with van der Waals surface area (Å²) in [7, 11) is 0. The van der Waals surface area contributed by atoms with Gasteiger partial charge in [0.2, 0.25) is 11.8 Å². The maximum absolute atomic E-state index is 12.4. The fourth-order valence-electron chi connectivity index (χ4n) is 2.67. The van der Waals surface area contributed by atoms with Gasteiger partial charge in [-0.3, -0.25) is 4.79 Å². The number of thioether (sulfide) groups is 1. The molecule has 7 heteroatoms. The SMILES string of the molecule is CCC[C@@H](NC(=O)CSc1nnc(-c2ccccc2Br)o1)c1ccccc1. The van der Waals surface area contributed by atoms with Gasteiger partial charge in [-0.1, -0.05) is 67.6 Å². The van der Waals surface area contributed by atoms with Crippen LogP contribution in [0.25, 0.3) is 11.5 Å². The summed E-state index contributed by atoms with van der Waals surface area (Å²) in [4.78, 5) is 12.4. The first-order chi connectivity index (χ1) is 13.2. The number of hydrogen-bond donors (Lipinski definition) is 1. The summed E-state index contributed by atoms with van der Waals surface area (Å²) >= 11 is 4.71. The van der Waals surface area contributed by atoms with Crippen molar-refractivity contribution in [2.75, 3.05) is 5.75 Å². The molecule has 1 amide bonds. The highest BCUT2D eigenvalue weighted by atomic mass is 79.9. The molecule has 0 saturated heterocycles. The molecule has 0 radical (unpaired) electrons. The molecule has 1 aromatic heterocycles. The van der Waals surface area contributed by atoms with Gasteiger partial charge in [0.25, 0.3) is 5.22 Å². The zero-order chi connectivity index (χ0) is 19.1. The molecule has 1 atom stereocenters. The van der Waals surface area contributed by atoms with Gasteiger partial charge in [-0.2, -0.15) is 0 Å². The molecule has 0 aliphatic rings. The Morgan fingerprint density at radius 1 is 1.15 bits per heavy atom. The second-order valence-corrected chi connectivity index (χ2v) is 7.74. The molecular formula is C20H20BrN3O2S. The second-order valence-electron chi connectivity index (χ2n) is 5.96. The van der Waals surface area contributed by atoms with Crippen molar-refractivity contribution in [3.05, 3.63) is 64.6 Å². The van der Waals surface area contributed by atoms with E-state index in [1.165, 1.54) is 11.8 Å². The van der Waals surface area contributed by atoms with Crippen molar-refractivity contribution < 1.29 is 9.21 Å². The van der Waals surface area contributed by atoms with Crippen molar-refractivity contribution >= 4 is 33.6 Å². The predicted octanol–water partition coefficient (Wildman–Crippen LogP) is 5.25. The third-order valence-corrected chi connectivity index (χ3v) is 5.46. The summed E-state index contributed by atoms with van der Waals surface area (Å²) in [6.45, 7) is 2.11. The molecule has 1 N–H and O–H groups in total. The van der Waals surface area contributed by atoms with Crippen LogP contribution >= 0.6 is 27.7 Å². The number of halogens is 1. The number of carbonyl (C=O) groups excluding carboxylic acids is 1. The standard InChI is InChI=1S/C20H20BrN3O2S/c1-2-8-17(14-9-4-3-5-10-14)22-18(25)13-27-20-24-23-19(26-20)15-11-6-7-12-16(15)21/h3-7,9-12,17H,2,8,13H2,1H3,(H,22,25)/t17-/m1/s1. The summed E-state index contributed by atoms with van der Waals surface area (Å²) in [5, 5.41) is 11.6. The average molecular weight is 446 g/mol. The highest BCUT2D eigenvalue weighted by molar-refractivity contribution is 9.10. The Balaban J connectivity index is 1.58. The molecule has 0 aliphatic heterocycles. The number of amides is 1. The molecule has 2 aromatic carbocycles. The van der Waals surface area contributed by atoms with Crippen molar-refractivity contribution in [3.8, 4) is 11.5 Å². The fraction of sp³-hybridized carbons (Fsp3) is 0.250. The van der Waals surface area contributed by atoms with E-state index in [-0.39, 0.29) is 17.7 Å². The van der Waals surface area contributed by atoms with Crippen LogP contribution in [0.1, 0.15) is 31.4 Å². The maximum Gasteiger partial charge on any atom is 0.277 e. The summed E-state index contributed by atoms with van der Waals surface area (Å²) in [6.07, 6.45) is 1.89. The van der Waals surface area contributed by atoms with Crippen molar-refractivity contribution in [2.24, 2.45) is 0 Å². The molecule has 0 saturated carbocycles. The lowest BCUT2D eigenvalue weighted by atomic mass is 10.0. The van der Waals surface area contributed by atoms with E-state index in [0.717, 1.165) is 28.4 Å². The highest BCUT2D eigenvalue weighted by Gasteiger charge is 2.16. The topological polar surface area (TPSA) is 68.0 Å². The first-order valence-corrected chi connectivity index (χ1v) is 10.5. The van der Waals surface area contributed by atoms with Gasteiger partial charge >= 0.3 is 0 Å². The highest BCUT2D eigenvalue weighted by Crippen LogP contribution is 2.29. The quantitative estimate of drug-likeness (QED) is 0.479. The minimum absolute atomic E-state index is 0.0165. The monoisotopic (exact) mass is 445 g/mol. The molecule has 27 heavy (non-hydrogen) atoms. The van der Waals surface area contributed by atoms with Gasteiger partial charge in [-0.25, -0.2) is 0 Å². The molecule has 140 valence electrons. The molecule has 0 aliphatic carbocycles. The Bertz CT molecular complexity index is 886. The van der Waals surface area contributed by atoms with Crippen LogP contribution in [0.5, 0.6) is 0 Å². The van der Waals surface area contributed by atoms with Gasteiger partial charge in [0.05, 0.1) is 17.4 Å². The molecule has 0 unspecified atom stereocenters. The predicted molar refractivity (Wildman–Crippen MR) is 110 cm³/mol. The second kappa shape index (κ2) is 9.71. The number of carbonyl (C=O) groups is 1. The van der Waals surface area contributed by atoms with Gasteiger partial charge in [-0.05, 0) is 40.0 Å². The van der Waals surface area contributed by atoms with E-state index in [2.05, 4.69) is 38.4 Å². The summed E-state index contributed by atoms with van der Waals surface area (Å²) in [6, 6.07) is 17.7. The summed E-state index contributed by atoms with van der Waals surface area (Å²) < 4.78 is 6.55. The Labute approximate surface area is 171 Å². The van der Waals surface area contributed by atoms with Gasteiger partial charge in [0.1, 0.15) is 0 Å². The van der Waals surface area contributed by atoms with Crippen molar-refractivity contribution in [2.45, 2.75) is 31.0 Å². The fourth-order valence-corrected chi connectivity index (χ4v) is 3.70. The normalized spacial score (nSPS) is 11.9. The number of hydrogen-bond acceptors (Lipinski definition) is 5. The van der Waals surface area contributed by atoms with E-state index in [0.29, 0.717) is 11.1 Å². The van der Waals surface area contributed by atoms with Crippen LogP contribution in [0.3, 0.4) is 0 Å². The lowest BCUT2D eigenvalue weighted by Gasteiger charge is -2.18. The van der Waals surface area contributed by atoms with Gasteiger partial charge in [-0.15, -0.1) is 10.2 Å². The summed E-state index contributed by atoms with van der Waals surface area (Å²) in [5.41, 5.74) is 1.94. The molecule has 0 spiro atoms. The molecule has 0 fully saturated rings. The number of benzene rings is 2. The van der Waals surface area contributed by atoms with E-state index in [9.17, 15) is 4.79 Å². The largest absolute Gasteiger partial charge is 0.411 e. The van der Waals surface area contributed by atoms with Crippen LogP contribution in [-0.4, -0.2) is 21.9 Å². The van der Waals surface area contributed by atoms with Crippen LogP contribution in [0.4, 0.5) is 0 Å². The first kappa shape index (κ1) is 19.6. The van der Waals surface area contributed by atoms with E-state index in [1.807, 2.05) is 54.6 Å². The van der Waals surface area contributed by atoms with Crippen LogP contribution in [0, 0.1) is 0 Å². The molecule has 3 aromatic rings. The van der Waals surface area contributed by atoms with Gasteiger partial charge in [0, 0.05) is 4.47 Å². The van der Waals surface area contributed by atoms with Crippen LogP contribution in [-0.2, 0) is 4.79 Å².